The molecule has 0 radical (unpaired) electrons. The summed E-state index contributed by atoms with van der Waals surface area (Å²) >= 11 is 3.61. The van der Waals surface area contributed by atoms with Crippen LogP contribution < -0.4 is 10.2 Å². The van der Waals surface area contributed by atoms with Crippen molar-refractivity contribution >= 4 is 21.6 Å². The Hall–Kier alpha value is -0.580. The topological polar surface area (TPSA) is 24.5 Å². The molecule has 1 heterocycles. The van der Waals surface area contributed by atoms with Gasteiger partial charge in [-0.25, -0.2) is 0 Å². The van der Waals surface area contributed by atoms with E-state index in [1.54, 1.807) is 7.11 Å². The number of benzene rings is 1. The molecule has 1 aliphatic heterocycles. The molecule has 0 atom stereocenters. The van der Waals surface area contributed by atoms with E-state index in [1.165, 1.54) is 50.0 Å². The largest absolute Gasteiger partial charge is 0.383 e. The zero-order valence-electron chi connectivity index (χ0n) is 12.3. The molecule has 0 spiro atoms. The van der Waals surface area contributed by atoms with Crippen molar-refractivity contribution in [2.45, 2.75) is 32.2 Å². The Bertz CT molecular complexity index is 403. The van der Waals surface area contributed by atoms with E-state index in [9.17, 15) is 0 Å². The molecule has 0 aromatic heterocycles. The van der Waals surface area contributed by atoms with Gasteiger partial charge >= 0.3 is 0 Å². The van der Waals surface area contributed by atoms with E-state index in [0.717, 1.165) is 24.2 Å². The van der Waals surface area contributed by atoms with Gasteiger partial charge in [0.15, 0.2) is 0 Å². The van der Waals surface area contributed by atoms with Crippen molar-refractivity contribution in [3.8, 4) is 0 Å². The van der Waals surface area contributed by atoms with Gasteiger partial charge in [0.05, 0.1) is 6.61 Å². The minimum atomic E-state index is 0.759. The molecular formula is C16H25BrN2O. The average molecular weight is 341 g/mol. The fraction of sp³-hybridized carbons (Fsp3) is 0.625. The summed E-state index contributed by atoms with van der Waals surface area (Å²) in [6.45, 7) is 4.92. The number of nitrogens with zero attached hydrogens (tertiary/aromatic N) is 1. The molecule has 20 heavy (non-hydrogen) atoms. The first kappa shape index (κ1) is 15.8. The Morgan fingerprint density at radius 2 is 1.95 bits per heavy atom. The molecule has 1 saturated heterocycles. The van der Waals surface area contributed by atoms with Gasteiger partial charge in [0.2, 0.25) is 0 Å². The highest BCUT2D eigenvalue weighted by Crippen LogP contribution is 2.27. The lowest BCUT2D eigenvalue weighted by Crippen LogP contribution is -2.27. The van der Waals surface area contributed by atoms with Crippen LogP contribution in [0.2, 0.25) is 0 Å². The number of nitrogens with one attached hydrogen (secondary N) is 1. The van der Waals surface area contributed by atoms with E-state index in [-0.39, 0.29) is 0 Å². The fourth-order valence-electron chi connectivity index (χ4n) is 2.69. The van der Waals surface area contributed by atoms with Crippen LogP contribution in [0.3, 0.4) is 0 Å². The predicted octanol–water partition coefficient (Wildman–Crippen LogP) is 3.57. The highest BCUT2D eigenvalue weighted by Gasteiger charge is 2.13. The van der Waals surface area contributed by atoms with Crippen molar-refractivity contribution < 1.29 is 4.74 Å². The summed E-state index contributed by atoms with van der Waals surface area (Å²) in [5.74, 6) is 0. The van der Waals surface area contributed by atoms with Crippen molar-refractivity contribution in [2.24, 2.45) is 0 Å². The van der Waals surface area contributed by atoms with Crippen LogP contribution in [0.5, 0.6) is 0 Å². The van der Waals surface area contributed by atoms with E-state index in [4.69, 9.17) is 4.74 Å². The zero-order chi connectivity index (χ0) is 14.2. The molecule has 3 nitrogen and oxygen atoms in total. The van der Waals surface area contributed by atoms with E-state index in [0.29, 0.717) is 0 Å². The number of hydrogen-bond donors (Lipinski definition) is 1. The van der Waals surface area contributed by atoms with Crippen molar-refractivity contribution in [3.05, 3.63) is 28.2 Å². The highest BCUT2D eigenvalue weighted by atomic mass is 79.9. The monoisotopic (exact) mass is 340 g/mol. The molecule has 4 heteroatoms. The van der Waals surface area contributed by atoms with Crippen LogP contribution in [0.1, 0.15) is 31.2 Å². The van der Waals surface area contributed by atoms with Crippen LogP contribution in [-0.2, 0) is 11.3 Å². The lowest BCUT2D eigenvalue weighted by molar-refractivity contribution is 0.199. The fourth-order valence-corrected chi connectivity index (χ4v) is 3.04. The van der Waals surface area contributed by atoms with Crippen molar-refractivity contribution in [1.29, 1.82) is 0 Å². The maximum Gasteiger partial charge on any atom is 0.0587 e. The van der Waals surface area contributed by atoms with Crippen molar-refractivity contribution in [1.82, 2.24) is 5.32 Å². The number of methoxy groups -OCH3 is 1. The van der Waals surface area contributed by atoms with Crippen molar-refractivity contribution in [3.63, 3.8) is 0 Å². The summed E-state index contributed by atoms with van der Waals surface area (Å²) in [6.07, 6.45) is 5.35. The minimum Gasteiger partial charge on any atom is -0.383 e. The van der Waals surface area contributed by atoms with E-state index in [2.05, 4.69) is 44.3 Å². The second-order valence-electron chi connectivity index (χ2n) is 5.34. The van der Waals surface area contributed by atoms with E-state index >= 15 is 0 Å². The molecule has 1 aliphatic rings. The van der Waals surface area contributed by atoms with Gasteiger partial charge in [0.25, 0.3) is 0 Å². The third-order valence-electron chi connectivity index (χ3n) is 3.79. The van der Waals surface area contributed by atoms with Crippen LogP contribution in [0, 0.1) is 0 Å². The lowest BCUT2D eigenvalue weighted by atomic mass is 10.1. The summed E-state index contributed by atoms with van der Waals surface area (Å²) in [6, 6.07) is 6.62. The van der Waals surface area contributed by atoms with Gasteiger partial charge < -0.3 is 15.0 Å². The number of ether oxygens (including phenoxy) is 1. The Kier molecular flexibility index (Phi) is 6.83. The van der Waals surface area contributed by atoms with Gasteiger partial charge in [0.1, 0.15) is 0 Å². The second kappa shape index (κ2) is 8.65. The molecular weight excluding hydrogens is 316 g/mol. The van der Waals surface area contributed by atoms with Crippen LogP contribution >= 0.6 is 15.9 Å². The maximum absolute atomic E-state index is 5.08. The van der Waals surface area contributed by atoms with Gasteiger partial charge in [-0.15, -0.1) is 0 Å². The molecule has 2 rings (SSSR count). The first-order chi connectivity index (χ1) is 9.81. The predicted molar refractivity (Wildman–Crippen MR) is 88.4 cm³/mol. The molecule has 0 unspecified atom stereocenters. The van der Waals surface area contributed by atoms with Gasteiger partial charge in [-0.1, -0.05) is 34.8 Å². The summed E-state index contributed by atoms with van der Waals surface area (Å²) < 4.78 is 6.25. The second-order valence-corrected chi connectivity index (χ2v) is 6.26. The Morgan fingerprint density at radius 1 is 1.20 bits per heavy atom. The number of halogens is 1. The molecule has 0 aliphatic carbocycles. The SMILES string of the molecule is COCCNCc1ccc(Br)cc1N1CCCCCC1. The van der Waals surface area contributed by atoms with Gasteiger partial charge in [-0.2, -0.15) is 0 Å². The average Bonchev–Trinajstić information content (AvgIpc) is 2.74. The van der Waals surface area contributed by atoms with Crippen LogP contribution in [-0.4, -0.2) is 33.4 Å². The quantitative estimate of drug-likeness (QED) is 0.801. The third kappa shape index (κ3) is 4.76. The highest BCUT2D eigenvalue weighted by molar-refractivity contribution is 9.10. The summed E-state index contributed by atoms with van der Waals surface area (Å²) in [5.41, 5.74) is 2.76. The molecule has 0 bridgehead atoms. The van der Waals surface area contributed by atoms with E-state index < -0.39 is 0 Å². The number of hydrogen-bond acceptors (Lipinski definition) is 3. The van der Waals surface area contributed by atoms with Crippen LogP contribution in [0.15, 0.2) is 22.7 Å². The molecule has 0 amide bonds. The van der Waals surface area contributed by atoms with Crippen LogP contribution in [0.4, 0.5) is 5.69 Å². The van der Waals surface area contributed by atoms with Crippen molar-refractivity contribution in [2.75, 3.05) is 38.3 Å². The number of rotatable bonds is 6. The Balaban J connectivity index is 2.06. The third-order valence-corrected chi connectivity index (χ3v) is 4.29. The van der Waals surface area contributed by atoms with Crippen LogP contribution in [0.25, 0.3) is 0 Å². The summed E-state index contributed by atoms with van der Waals surface area (Å²) in [5, 5.41) is 3.45. The summed E-state index contributed by atoms with van der Waals surface area (Å²) in [4.78, 5) is 2.55. The maximum atomic E-state index is 5.08. The van der Waals surface area contributed by atoms with E-state index in [1.807, 2.05) is 0 Å². The van der Waals surface area contributed by atoms with Gasteiger partial charge in [0, 0.05) is 43.4 Å². The Labute approximate surface area is 130 Å². The molecule has 112 valence electrons. The normalized spacial score (nSPS) is 16.2. The molecule has 1 fully saturated rings. The van der Waals surface area contributed by atoms with Gasteiger partial charge in [-0.3, -0.25) is 0 Å². The minimum absolute atomic E-state index is 0.759. The first-order valence-corrected chi connectivity index (χ1v) is 8.33. The molecule has 0 saturated carbocycles. The molecule has 1 aromatic rings. The lowest BCUT2D eigenvalue weighted by Gasteiger charge is -2.26. The number of anilines is 1. The zero-order valence-corrected chi connectivity index (χ0v) is 13.9. The standard InChI is InChI=1S/C16H25BrN2O/c1-20-11-8-18-13-14-6-7-15(17)12-16(14)19-9-4-2-3-5-10-19/h6-7,12,18H,2-5,8-11,13H2,1H3. The Morgan fingerprint density at radius 3 is 2.65 bits per heavy atom. The molecule has 1 aromatic carbocycles. The molecule has 1 N–H and O–H groups in total. The first-order valence-electron chi connectivity index (χ1n) is 7.54. The smallest absolute Gasteiger partial charge is 0.0587 e. The van der Waals surface area contributed by atoms with Gasteiger partial charge in [-0.05, 0) is 30.5 Å². The summed E-state index contributed by atoms with van der Waals surface area (Å²) in [7, 11) is 1.74.